The number of carbonyl (C=O) groups excluding carboxylic acids is 3. The maximum Gasteiger partial charge on any atom is 0.273 e. The maximum absolute atomic E-state index is 14.6. The molecule has 1 atom stereocenters. The van der Waals surface area contributed by atoms with Crippen LogP contribution in [-0.4, -0.2) is 39.8 Å². The molecule has 0 saturated heterocycles. The van der Waals surface area contributed by atoms with Crippen molar-refractivity contribution in [3.63, 3.8) is 0 Å². The van der Waals surface area contributed by atoms with Crippen LogP contribution in [0.1, 0.15) is 80.6 Å². The molecular formula is C35H39N5O4S. The predicted molar refractivity (Wildman–Crippen MR) is 178 cm³/mol. The summed E-state index contributed by atoms with van der Waals surface area (Å²) in [5, 5.41) is 16.1. The van der Waals surface area contributed by atoms with Crippen molar-refractivity contribution in [3.8, 4) is 5.75 Å². The molecule has 0 aliphatic heterocycles. The van der Waals surface area contributed by atoms with Crippen LogP contribution in [0.25, 0.3) is 0 Å². The summed E-state index contributed by atoms with van der Waals surface area (Å²) in [6.07, 6.45) is 5.66. The number of carbonyl (C=O) groups is 3. The van der Waals surface area contributed by atoms with Gasteiger partial charge in [0.25, 0.3) is 11.8 Å². The van der Waals surface area contributed by atoms with E-state index in [4.69, 9.17) is 5.73 Å². The minimum atomic E-state index is -1.12. The third-order valence-corrected chi connectivity index (χ3v) is 9.25. The van der Waals surface area contributed by atoms with Crippen LogP contribution in [-0.2, 0) is 11.2 Å². The van der Waals surface area contributed by atoms with Gasteiger partial charge in [0, 0.05) is 18.3 Å². The summed E-state index contributed by atoms with van der Waals surface area (Å²) in [4.78, 5) is 43.4. The first kappa shape index (κ1) is 31.7. The van der Waals surface area contributed by atoms with Crippen molar-refractivity contribution in [3.05, 3.63) is 106 Å². The molecule has 0 spiro atoms. The van der Waals surface area contributed by atoms with E-state index in [-0.39, 0.29) is 28.0 Å². The van der Waals surface area contributed by atoms with Crippen molar-refractivity contribution in [1.82, 2.24) is 15.0 Å². The summed E-state index contributed by atoms with van der Waals surface area (Å²) in [6, 6.07) is 20.5. The van der Waals surface area contributed by atoms with E-state index in [9.17, 15) is 19.5 Å². The van der Waals surface area contributed by atoms with E-state index in [2.05, 4.69) is 15.0 Å². The quantitative estimate of drug-likeness (QED) is 0.174. The number of aromatic nitrogens is 1. The molecule has 0 bridgehead atoms. The smallest absolute Gasteiger partial charge is 0.273 e. The zero-order valence-corrected chi connectivity index (χ0v) is 26.4. The molecule has 0 radical (unpaired) electrons. The molecule has 9 nitrogen and oxygen atoms in total. The van der Waals surface area contributed by atoms with Gasteiger partial charge < -0.3 is 21.5 Å². The summed E-state index contributed by atoms with van der Waals surface area (Å²) in [5.74, 6) is -1.32. The van der Waals surface area contributed by atoms with Gasteiger partial charge in [0.05, 0.1) is 5.69 Å². The molecule has 1 aliphatic rings. The van der Waals surface area contributed by atoms with Crippen molar-refractivity contribution < 1.29 is 19.5 Å². The summed E-state index contributed by atoms with van der Waals surface area (Å²) >= 11 is 0.851. The minimum absolute atomic E-state index is 0.0115. The molecule has 0 unspecified atom stereocenters. The first-order valence-electron chi connectivity index (χ1n) is 15.3. The second-order valence-electron chi connectivity index (χ2n) is 11.5. The Hall–Kier alpha value is -4.70. The Balaban J connectivity index is 1.52. The number of hydrogen-bond donors (Lipinski definition) is 4. The minimum Gasteiger partial charge on any atom is -0.508 e. The molecular weight excluding hydrogens is 586 g/mol. The fraction of sp³-hybridized carbons (Fsp3) is 0.314. The zero-order valence-electron chi connectivity index (χ0n) is 25.6. The molecule has 234 valence electrons. The lowest BCUT2D eigenvalue weighted by Gasteiger charge is -2.32. The van der Waals surface area contributed by atoms with Gasteiger partial charge in [-0.2, -0.15) is 4.37 Å². The number of aromatic hydroxyl groups is 1. The molecule has 1 aliphatic carbocycles. The lowest BCUT2D eigenvalue weighted by molar-refractivity contribution is -0.122. The van der Waals surface area contributed by atoms with Gasteiger partial charge in [0.15, 0.2) is 5.69 Å². The Kier molecular flexibility index (Phi) is 10.1. The Morgan fingerprint density at radius 3 is 2.40 bits per heavy atom. The molecule has 45 heavy (non-hydrogen) atoms. The van der Waals surface area contributed by atoms with E-state index >= 15 is 0 Å². The van der Waals surface area contributed by atoms with E-state index in [0.29, 0.717) is 24.2 Å². The topological polar surface area (TPSA) is 138 Å². The molecule has 3 amide bonds. The number of phenols is 1. The fourth-order valence-corrected chi connectivity index (χ4v) is 6.47. The van der Waals surface area contributed by atoms with Crippen LogP contribution in [0.3, 0.4) is 0 Å². The van der Waals surface area contributed by atoms with Crippen LogP contribution in [0.4, 0.5) is 11.4 Å². The number of amides is 3. The fourth-order valence-electron chi connectivity index (χ4n) is 5.73. The van der Waals surface area contributed by atoms with Crippen molar-refractivity contribution in [2.45, 2.75) is 64.5 Å². The van der Waals surface area contributed by atoms with Crippen LogP contribution < -0.4 is 21.3 Å². The highest BCUT2D eigenvalue weighted by Gasteiger charge is 2.37. The maximum atomic E-state index is 14.6. The van der Waals surface area contributed by atoms with Crippen molar-refractivity contribution >= 4 is 40.6 Å². The van der Waals surface area contributed by atoms with Gasteiger partial charge in [0.2, 0.25) is 5.91 Å². The van der Waals surface area contributed by atoms with Gasteiger partial charge in [-0.1, -0.05) is 73.9 Å². The lowest BCUT2D eigenvalue weighted by Crippen LogP contribution is -2.45. The van der Waals surface area contributed by atoms with Crippen LogP contribution in [0.2, 0.25) is 0 Å². The zero-order chi connectivity index (χ0) is 31.9. The molecule has 4 aromatic rings. The molecule has 1 saturated carbocycles. The molecule has 1 fully saturated rings. The normalized spacial score (nSPS) is 14.0. The molecule has 1 aromatic heterocycles. The number of hydrogen-bond acceptors (Lipinski definition) is 7. The number of aryl methyl sites for hydroxylation is 1. The van der Waals surface area contributed by atoms with E-state index in [1.807, 2.05) is 56.3 Å². The van der Waals surface area contributed by atoms with E-state index in [0.717, 1.165) is 60.3 Å². The van der Waals surface area contributed by atoms with Gasteiger partial charge in [-0.25, -0.2) is 0 Å². The summed E-state index contributed by atoms with van der Waals surface area (Å²) in [7, 11) is 0. The Labute approximate surface area is 267 Å². The number of phenolic OH excluding ortho intramolecular Hbond substituents is 1. The molecule has 5 rings (SSSR count). The second-order valence-corrected chi connectivity index (χ2v) is 12.3. The Morgan fingerprint density at radius 1 is 0.978 bits per heavy atom. The van der Waals surface area contributed by atoms with Gasteiger partial charge >= 0.3 is 0 Å². The second kappa shape index (κ2) is 14.4. The van der Waals surface area contributed by atoms with Crippen LogP contribution in [0.5, 0.6) is 5.75 Å². The molecule has 3 aromatic carbocycles. The van der Waals surface area contributed by atoms with Crippen molar-refractivity contribution in [1.29, 1.82) is 0 Å². The first-order chi connectivity index (χ1) is 21.7. The summed E-state index contributed by atoms with van der Waals surface area (Å²) < 4.78 is 4.31. The number of nitrogens with one attached hydrogen (secondary N) is 2. The van der Waals surface area contributed by atoms with Gasteiger partial charge in [0.1, 0.15) is 16.7 Å². The van der Waals surface area contributed by atoms with Gasteiger partial charge in [-0.3, -0.25) is 19.3 Å². The highest BCUT2D eigenvalue weighted by atomic mass is 32.1. The number of anilines is 2. The van der Waals surface area contributed by atoms with E-state index < -0.39 is 23.8 Å². The third kappa shape index (κ3) is 7.34. The largest absolute Gasteiger partial charge is 0.508 e. The molecule has 5 N–H and O–H groups in total. The van der Waals surface area contributed by atoms with E-state index in [1.54, 1.807) is 18.2 Å². The average Bonchev–Trinajstić information content (AvgIpc) is 3.44. The number of nitrogens with zero attached hydrogens (tertiary/aromatic N) is 2. The van der Waals surface area contributed by atoms with Crippen molar-refractivity contribution in [2.75, 3.05) is 17.2 Å². The van der Waals surface area contributed by atoms with Crippen molar-refractivity contribution in [2.24, 2.45) is 0 Å². The number of nitrogens with two attached hydrogens (primary N) is 1. The monoisotopic (exact) mass is 625 g/mol. The van der Waals surface area contributed by atoms with Crippen LogP contribution >= 0.6 is 11.5 Å². The highest BCUT2D eigenvalue weighted by Crippen LogP contribution is 2.36. The highest BCUT2D eigenvalue weighted by molar-refractivity contribution is 7.09. The Morgan fingerprint density at radius 2 is 1.69 bits per heavy atom. The standard InChI is InChI=1S/C35H39N5O4S/c1-22-10-9-15-28(23(22)2)40(35(44)32-29(36)30(39-45-32)33(42)38-26-13-7-4-8-14-26)31(25-16-18-27(41)19-17-25)34(43)37-21-20-24-11-5-3-6-12-24/h3,5-6,9-12,15-19,26,31,41H,4,7-8,13-14,20-21,36H2,1-2H3,(H,37,43)(H,38,42)/t31-/m1/s1. The lowest BCUT2D eigenvalue weighted by atomic mass is 9.95. The summed E-state index contributed by atoms with van der Waals surface area (Å²) in [5.41, 5.74) is 10.3. The molecule has 1 heterocycles. The number of nitrogen functional groups attached to an aromatic ring is 1. The third-order valence-electron chi connectivity index (χ3n) is 8.40. The van der Waals surface area contributed by atoms with E-state index in [1.165, 1.54) is 17.0 Å². The first-order valence-corrected chi connectivity index (χ1v) is 16.1. The SMILES string of the molecule is Cc1cccc(N(C(=O)c2snc(C(=O)NC3CCCCC3)c2N)[C@@H](C(=O)NCCc2ccccc2)c2ccc(O)cc2)c1C. The number of rotatable bonds is 10. The Bertz CT molecular complexity index is 1650. The van der Waals surface area contributed by atoms with Gasteiger partial charge in [-0.15, -0.1) is 0 Å². The molecule has 10 heteroatoms. The predicted octanol–water partition coefficient (Wildman–Crippen LogP) is 5.86. The number of benzene rings is 3. The average molecular weight is 626 g/mol. The van der Waals surface area contributed by atoms with Crippen LogP contribution in [0, 0.1) is 13.8 Å². The summed E-state index contributed by atoms with van der Waals surface area (Å²) in [6.45, 7) is 4.18. The van der Waals surface area contributed by atoms with Gasteiger partial charge in [-0.05, 0) is 85.1 Å². The van der Waals surface area contributed by atoms with Crippen LogP contribution in [0.15, 0.2) is 72.8 Å².